The first-order valence-electron chi connectivity index (χ1n) is 9.43. The second-order valence-electron chi connectivity index (χ2n) is 7.90. The third-order valence-corrected chi connectivity index (χ3v) is 10.7. The summed E-state index contributed by atoms with van der Waals surface area (Å²) in [5.41, 5.74) is 2.65. The maximum atomic E-state index is 12.2. The molecule has 0 spiro atoms. The highest BCUT2D eigenvalue weighted by molar-refractivity contribution is 9.10. The molecule has 3 aromatic carbocycles. The molecule has 27 heavy (non-hydrogen) atoms. The Morgan fingerprint density at radius 1 is 0.852 bits per heavy atom. The molecule has 0 aliphatic rings. The SMILES string of the molecule is Cc1cc(Br)ccc1CCC(C)(C)[Si](O)(c1ccccc1)c1ccccc1. The Bertz CT molecular complexity index is 851. The predicted molar refractivity (Wildman–Crippen MR) is 121 cm³/mol. The summed E-state index contributed by atoms with van der Waals surface area (Å²) in [5, 5.41) is 1.94. The molecule has 1 N–H and O–H groups in total. The van der Waals surface area contributed by atoms with Gasteiger partial charge in [0.1, 0.15) is 0 Å². The number of benzene rings is 3. The van der Waals surface area contributed by atoms with Crippen LogP contribution in [0.1, 0.15) is 31.4 Å². The zero-order valence-electron chi connectivity index (χ0n) is 16.2. The Morgan fingerprint density at radius 2 is 1.37 bits per heavy atom. The van der Waals surface area contributed by atoms with E-state index in [0.29, 0.717) is 0 Å². The van der Waals surface area contributed by atoms with Crippen LogP contribution in [0.5, 0.6) is 0 Å². The Balaban J connectivity index is 1.98. The number of hydrogen-bond acceptors (Lipinski definition) is 1. The second kappa shape index (κ2) is 8.13. The largest absolute Gasteiger partial charge is 0.424 e. The van der Waals surface area contributed by atoms with Gasteiger partial charge in [-0.1, -0.05) is 96.5 Å². The van der Waals surface area contributed by atoms with E-state index in [-0.39, 0.29) is 5.04 Å². The molecule has 3 heteroatoms. The number of hydrogen-bond donors (Lipinski definition) is 1. The lowest BCUT2D eigenvalue weighted by molar-refractivity contribution is 0.466. The fraction of sp³-hybridized carbons (Fsp3) is 0.250. The molecule has 0 aliphatic heterocycles. The Morgan fingerprint density at radius 3 is 1.85 bits per heavy atom. The molecule has 0 atom stereocenters. The van der Waals surface area contributed by atoms with Crippen LogP contribution in [-0.4, -0.2) is 13.1 Å². The molecule has 0 bridgehead atoms. The molecule has 3 aromatic rings. The number of halogens is 1. The molecule has 0 radical (unpaired) electrons. The quantitative estimate of drug-likeness (QED) is 0.522. The van der Waals surface area contributed by atoms with Gasteiger partial charge in [0.05, 0.1) is 0 Å². The van der Waals surface area contributed by atoms with Gasteiger partial charge in [-0.15, -0.1) is 0 Å². The monoisotopic (exact) mass is 438 g/mol. The van der Waals surface area contributed by atoms with Crippen molar-refractivity contribution in [1.29, 1.82) is 0 Å². The number of aryl methyl sites for hydroxylation is 2. The van der Waals surface area contributed by atoms with Gasteiger partial charge >= 0.3 is 0 Å². The topological polar surface area (TPSA) is 20.2 Å². The highest BCUT2D eigenvalue weighted by atomic mass is 79.9. The van der Waals surface area contributed by atoms with E-state index in [0.717, 1.165) is 27.7 Å². The van der Waals surface area contributed by atoms with Crippen molar-refractivity contribution < 1.29 is 4.80 Å². The maximum absolute atomic E-state index is 12.2. The Hall–Kier alpha value is -1.68. The summed E-state index contributed by atoms with van der Waals surface area (Å²) in [5.74, 6) is 0. The summed E-state index contributed by atoms with van der Waals surface area (Å²) < 4.78 is 1.11. The van der Waals surface area contributed by atoms with Crippen molar-refractivity contribution in [3.8, 4) is 0 Å². The Kier molecular flexibility index (Phi) is 6.04. The minimum atomic E-state index is -2.92. The zero-order valence-corrected chi connectivity index (χ0v) is 18.8. The first-order chi connectivity index (χ1) is 12.8. The summed E-state index contributed by atoms with van der Waals surface area (Å²) in [6.07, 6.45) is 1.89. The Labute approximate surface area is 172 Å². The molecule has 0 fully saturated rings. The van der Waals surface area contributed by atoms with Gasteiger partial charge in [-0.2, -0.15) is 0 Å². The molecule has 0 aliphatic carbocycles. The summed E-state index contributed by atoms with van der Waals surface area (Å²) in [4.78, 5) is 12.2. The third-order valence-electron chi connectivity index (χ3n) is 5.69. The van der Waals surface area contributed by atoms with E-state index >= 15 is 0 Å². The van der Waals surface area contributed by atoms with Crippen LogP contribution in [0.4, 0.5) is 0 Å². The van der Waals surface area contributed by atoms with Crippen molar-refractivity contribution in [3.63, 3.8) is 0 Å². The first kappa shape index (κ1) is 20.1. The van der Waals surface area contributed by atoms with Gasteiger partial charge < -0.3 is 4.80 Å². The standard InChI is InChI=1S/C24H27BrOSi/c1-19-18-21(25)15-14-20(19)16-17-24(2,3)27(26,22-10-6-4-7-11-22)23-12-8-5-9-13-23/h4-15,18,26H,16-17H2,1-3H3. The van der Waals surface area contributed by atoms with E-state index in [1.165, 1.54) is 11.1 Å². The van der Waals surface area contributed by atoms with Gasteiger partial charge in [0, 0.05) is 4.47 Å². The van der Waals surface area contributed by atoms with E-state index in [4.69, 9.17) is 0 Å². The van der Waals surface area contributed by atoms with Crippen molar-refractivity contribution in [1.82, 2.24) is 0 Å². The van der Waals surface area contributed by atoms with Crippen LogP contribution in [0.15, 0.2) is 83.3 Å². The molecule has 140 valence electrons. The van der Waals surface area contributed by atoms with Gasteiger partial charge in [-0.25, -0.2) is 0 Å². The number of rotatable bonds is 6. The van der Waals surface area contributed by atoms with E-state index in [1.54, 1.807) is 0 Å². The van der Waals surface area contributed by atoms with E-state index < -0.39 is 8.32 Å². The molecular formula is C24H27BrOSi. The summed E-state index contributed by atoms with van der Waals surface area (Å²) >= 11 is 3.55. The van der Waals surface area contributed by atoms with Crippen molar-refractivity contribution in [2.24, 2.45) is 0 Å². The highest BCUT2D eigenvalue weighted by Crippen LogP contribution is 2.40. The van der Waals surface area contributed by atoms with Crippen LogP contribution < -0.4 is 10.4 Å². The van der Waals surface area contributed by atoms with Crippen LogP contribution >= 0.6 is 15.9 Å². The van der Waals surface area contributed by atoms with Crippen LogP contribution in [0.2, 0.25) is 5.04 Å². The van der Waals surface area contributed by atoms with E-state index in [2.05, 4.69) is 79.2 Å². The van der Waals surface area contributed by atoms with E-state index in [1.807, 2.05) is 36.4 Å². The molecular weight excluding hydrogens is 412 g/mol. The second-order valence-corrected chi connectivity index (χ2v) is 12.7. The zero-order chi connectivity index (χ0) is 19.5. The molecule has 0 amide bonds. The van der Waals surface area contributed by atoms with Crippen molar-refractivity contribution in [3.05, 3.63) is 94.5 Å². The molecule has 0 aromatic heterocycles. The fourth-order valence-corrected chi connectivity index (χ4v) is 8.08. The van der Waals surface area contributed by atoms with Crippen LogP contribution in [0.25, 0.3) is 0 Å². The summed E-state index contributed by atoms with van der Waals surface area (Å²) in [6.45, 7) is 6.62. The minimum Gasteiger partial charge on any atom is -0.424 e. The van der Waals surface area contributed by atoms with Gasteiger partial charge in [0.25, 0.3) is 8.32 Å². The van der Waals surface area contributed by atoms with Crippen molar-refractivity contribution in [2.45, 2.75) is 38.7 Å². The lowest BCUT2D eigenvalue weighted by Gasteiger charge is -2.41. The van der Waals surface area contributed by atoms with Crippen LogP contribution in [-0.2, 0) is 6.42 Å². The van der Waals surface area contributed by atoms with Crippen molar-refractivity contribution >= 4 is 34.6 Å². The lowest BCUT2D eigenvalue weighted by Crippen LogP contribution is -2.65. The van der Waals surface area contributed by atoms with Gasteiger partial charge in [-0.05, 0) is 58.4 Å². The fourth-order valence-electron chi connectivity index (χ4n) is 3.87. The van der Waals surface area contributed by atoms with Crippen molar-refractivity contribution in [2.75, 3.05) is 0 Å². The smallest absolute Gasteiger partial charge is 0.258 e. The van der Waals surface area contributed by atoms with Crippen LogP contribution in [0.3, 0.4) is 0 Å². The normalized spacial score (nSPS) is 12.2. The highest BCUT2D eigenvalue weighted by Gasteiger charge is 2.49. The summed E-state index contributed by atoms with van der Waals surface area (Å²) in [6, 6.07) is 27.0. The summed E-state index contributed by atoms with van der Waals surface area (Å²) in [7, 11) is -2.92. The van der Waals surface area contributed by atoms with Gasteiger partial charge in [-0.3, -0.25) is 0 Å². The average Bonchev–Trinajstić information content (AvgIpc) is 2.68. The molecule has 0 saturated carbocycles. The molecule has 0 unspecified atom stereocenters. The molecule has 3 rings (SSSR count). The first-order valence-corrected chi connectivity index (χ1v) is 12.2. The average molecular weight is 439 g/mol. The predicted octanol–water partition coefficient (Wildman–Crippen LogP) is 5.22. The van der Waals surface area contributed by atoms with Gasteiger partial charge in [0.2, 0.25) is 0 Å². The third kappa shape index (κ3) is 4.10. The molecule has 0 heterocycles. The lowest BCUT2D eigenvalue weighted by atomic mass is 9.98. The van der Waals surface area contributed by atoms with E-state index in [9.17, 15) is 4.80 Å². The maximum Gasteiger partial charge on any atom is 0.258 e. The molecule has 1 nitrogen and oxygen atoms in total. The van der Waals surface area contributed by atoms with Gasteiger partial charge in [0.15, 0.2) is 0 Å². The van der Waals surface area contributed by atoms with Crippen LogP contribution in [0, 0.1) is 6.92 Å². The minimum absolute atomic E-state index is 0.213. The molecule has 0 saturated heterocycles.